The van der Waals surface area contributed by atoms with E-state index in [1.807, 2.05) is 55.6 Å². The van der Waals surface area contributed by atoms with Gasteiger partial charge in [0.05, 0.1) is 4.88 Å². The molecular formula is C18H24ClN3O2S. The Balaban J connectivity index is 0.00000312. The molecule has 0 bridgehead atoms. The lowest BCUT2D eigenvalue weighted by Gasteiger charge is -2.22. The van der Waals surface area contributed by atoms with Crippen molar-refractivity contribution in [3.8, 4) is 0 Å². The minimum Gasteiger partial charge on any atom is -0.352 e. The molecule has 0 radical (unpaired) electrons. The average molecular weight is 382 g/mol. The van der Waals surface area contributed by atoms with Crippen molar-refractivity contribution in [1.82, 2.24) is 10.6 Å². The summed E-state index contributed by atoms with van der Waals surface area (Å²) in [4.78, 5) is 25.2. The summed E-state index contributed by atoms with van der Waals surface area (Å²) in [7, 11) is 0. The summed E-state index contributed by atoms with van der Waals surface area (Å²) in [5.74, 6) is -0.477. The molecule has 7 heteroatoms. The molecule has 2 atom stereocenters. The van der Waals surface area contributed by atoms with Crippen LogP contribution in [0.2, 0.25) is 0 Å². The second-order valence-electron chi connectivity index (χ2n) is 5.93. The summed E-state index contributed by atoms with van der Waals surface area (Å²) in [6.45, 7) is 4.12. The molecule has 5 nitrogen and oxygen atoms in total. The Kier molecular flexibility index (Phi) is 8.61. The molecule has 2 amide bonds. The third kappa shape index (κ3) is 6.16. The van der Waals surface area contributed by atoms with E-state index in [1.54, 1.807) is 6.07 Å². The van der Waals surface area contributed by atoms with Crippen molar-refractivity contribution < 1.29 is 9.59 Å². The third-order valence-electron chi connectivity index (χ3n) is 3.70. The van der Waals surface area contributed by atoms with Crippen LogP contribution in [-0.2, 0) is 4.79 Å². The van der Waals surface area contributed by atoms with E-state index >= 15 is 0 Å². The minimum atomic E-state index is -0.595. The van der Waals surface area contributed by atoms with Gasteiger partial charge in [-0.2, -0.15) is 0 Å². The van der Waals surface area contributed by atoms with Crippen LogP contribution in [0.1, 0.15) is 35.1 Å². The Morgan fingerprint density at radius 1 is 1.12 bits per heavy atom. The van der Waals surface area contributed by atoms with Gasteiger partial charge in [0.15, 0.2) is 0 Å². The number of thiophene rings is 1. The highest BCUT2D eigenvalue weighted by atomic mass is 35.5. The molecule has 0 aliphatic heterocycles. The molecular weight excluding hydrogens is 358 g/mol. The molecule has 25 heavy (non-hydrogen) atoms. The van der Waals surface area contributed by atoms with Gasteiger partial charge in [-0.25, -0.2) is 0 Å². The average Bonchev–Trinajstić information content (AvgIpc) is 3.12. The van der Waals surface area contributed by atoms with E-state index in [1.165, 1.54) is 11.3 Å². The number of nitrogens with one attached hydrogen (secondary N) is 2. The van der Waals surface area contributed by atoms with E-state index in [0.717, 1.165) is 5.56 Å². The zero-order chi connectivity index (χ0) is 17.5. The van der Waals surface area contributed by atoms with Crippen LogP contribution in [0.15, 0.2) is 47.8 Å². The topological polar surface area (TPSA) is 84.2 Å². The van der Waals surface area contributed by atoms with Gasteiger partial charge >= 0.3 is 0 Å². The number of benzene rings is 1. The SMILES string of the molecule is CC(C)C(NC(=O)c1cccs1)C(=O)NCC(N)c1ccccc1.Cl. The van der Waals surface area contributed by atoms with Gasteiger partial charge in [-0.15, -0.1) is 23.7 Å². The molecule has 0 aliphatic rings. The van der Waals surface area contributed by atoms with Crippen LogP contribution in [-0.4, -0.2) is 24.4 Å². The van der Waals surface area contributed by atoms with Crippen LogP contribution < -0.4 is 16.4 Å². The Bertz CT molecular complexity index is 662. The Labute approximate surface area is 158 Å². The Hall–Kier alpha value is -1.89. The van der Waals surface area contributed by atoms with E-state index in [9.17, 15) is 9.59 Å². The molecule has 1 aromatic heterocycles. The van der Waals surface area contributed by atoms with E-state index in [2.05, 4.69) is 10.6 Å². The largest absolute Gasteiger partial charge is 0.352 e. The number of halogens is 1. The van der Waals surface area contributed by atoms with Crippen molar-refractivity contribution in [3.05, 3.63) is 58.3 Å². The molecule has 0 aliphatic carbocycles. The third-order valence-corrected chi connectivity index (χ3v) is 4.57. The molecule has 2 unspecified atom stereocenters. The number of hydrogen-bond acceptors (Lipinski definition) is 4. The van der Waals surface area contributed by atoms with Gasteiger partial charge in [0.1, 0.15) is 6.04 Å². The zero-order valence-electron chi connectivity index (χ0n) is 14.3. The summed E-state index contributed by atoms with van der Waals surface area (Å²) in [5.41, 5.74) is 7.06. The maximum absolute atomic E-state index is 12.4. The van der Waals surface area contributed by atoms with Crippen molar-refractivity contribution in [2.75, 3.05) is 6.54 Å². The maximum Gasteiger partial charge on any atom is 0.262 e. The lowest BCUT2D eigenvalue weighted by molar-refractivity contribution is -0.124. The summed E-state index contributed by atoms with van der Waals surface area (Å²) >= 11 is 1.35. The molecule has 0 spiro atoms. The summed E-state index contributed by atoms with van der Waals surface area (Å²) in [6.07, 6.45) is 0. The first-order valence-corrected chi connectivity index (χ1v) is 8.79. The first-order chi connectivity index (χ1) is 11.5. The zero-order valence-corrected chi connectivity index (χ0v) is 15.9. The fourth-order valence-corrected chi connectivity index (χ4v) is 2.92. The van der Waals surface area contributed by atoms with Gasteiger partial charge in [0, 0.05) is 12.6 Å². The normalized spacial score (nSPS) is 12.8. The summed E-state index contributed by atoms with van der Waals surface area (Å²) in [6, 6.07) is 12.3. The highest BCUT2D eigenvalue weighted by Gasteiger charge is 2.25. The van der Waals surface area contributed by atoms with Gasteiger partial charge < -0.3 is 16.4 Å². The van der Waals surface area contributed by atoms with Crippen LogP contribution in [0.25, 0.3) is 0 Å². The molecule has 0 saturated carbocycles. The monoisotopic (exact) mass is 381 g/mol. The van der Waals surface area contributed by atoms with Gasteiger partial charge in [-0.05, 0) is 22.9 Å². The van der Waals surface area contributed by atoms with Crippen LogP contribution in [0, 0.1) is 5.92 Å². The Morgan fingerprint density at radius 3 is 2.36 bits per heavy atom. The quantitative estimate of drug-likeness (QED) is 0.689. The van der Waals surface area contributed by atoms with Gasteiger partial charge in [-0.3, -0.25) is 9.59 Å². The van der Waals surface area contributed by atoms with Crippen LogP contribution in [0.5, 0.6) is 0 Å². The summed E-state index contributed by atoms with van der Waals surface area (Å²) < 4.78 is 0. The van der Waals surface area contributed by atoms with E-state index in [-0.39, 0.29) is 36.2 Å². The van der Waals surface area contributed by atoms with Crippen LogP contribution in [0.3, 0.4) is 0 Å². The van der Waals surface area contributed by atoms with Crippen molar-refractivity contribution in [2.24, 2.45) is 11.7 Å². The molecule has 0 saturated heterocycles. The lowest BCUT2D eigenvalue weighted by Crippen LogP contribution is -2.50. The first kappa shape index (κ1) is 21.2. The predicted molar refractivity (Wildman–Crippen MR) is 104 cm³/mol. The fraction of sp³-hybridized carbons (Fsp3) is 0.333. The van der Waals surface area contributed by atoms with Crippen molar-refractivity contribution in [3.63, 3.8) is 0 Å². The van der Waals surface area contributed by atoms with Crippen molar-refractivity contribution >= 4 is 35.6 Å². The number of nitrogens with two attached hydrogens (primary N) is 1. The number of amides is 2. The molecule has 2 rings (SSSR count). The molecule has 1 aromatic carbocycles. The highest BCUT2D eigenvalue weighted by Crippen LogP contribution is 2.11. The number of hydrogen-bond donors (Lipinski definition) is 3. The van der Waals surface area contributed by atoms with Crippen molar-refractivity contribution in [1.29, 1.82) is 0 Å². The lowest BCUT2D eigenvalue weighted by atomic mass is 10.0. The first-order valence-electron chi connectivity index (χ1n) is 7.91. The number of carbonyl (C=O) groups is 2. The molecule has 0 fully saturated rings. The molecule has 4 N–H and O–H groups in total. The van der Waals surface area contributed by atoms with E-state index < -0.39 is 6.04 Å². The number of carbonyl (C=O) groups excluding carboxylic acids is 2. The van der Waals surface area contributed by atoms with Crippen LogP contribution >= 0.6 is 23.7 Å². The fourth-order valence-electron chi connectivity index (χ4n) is 2.29. The standard InChI is InChI=1S/C18H23N3O2S.ClH/c1-12(2)16(21-17(22)15-9-6-10-24-15)18(23)20-11-14(19)13-7-4-3-5-8-13;/h3-10,12,14,16H,11,19H2,1-2H3,(H,20,23)(H,21,22);1H. The summed E-state index contributed by atoms with van der Waals surface area (Å²) in [5, 5.41) is 7.47. The van der Waals surface area contributed by atoms with Gasteiger partial charge in [0.25, 0.3) is 5.91 Å². The van der Waals surface area contributed by atoms with Gasteiger partial charge in [0.2, 0.25) is 5.91 Å². The minimum absolute atomic E-state index is 0. The number of rotatable bonds is 7. The highest BCUT2D eigenvalue weighted by molar-refractivity contribution is 7.12. The van der Waals surface area contributed by atoms with Crippen LogP contribution in [0.4, 0.5) is 0 Å². The van der Waals surface area contributed by atoms with E-state index in [0.29, 0.717) is 11.4 Å². The van der Waals surface area contributed by atoms with Gasteiger partial charge in [-0.1, -0.05) is 50.2 Å². The molecule has 136 valence electrons. The smallest absolute Gasteiger partial charge is 0.262 e. The molecule has 1 heterocycles. The second-order valence-corrected chi connectivity index (χ2v) is 6.88. The molecule has 2 aromatic rings. The second kappa shape index (κ2) is 10.2. The van der Waals surface area contributed by atoms with E-state index in [4.69, 9.17) is 5.73 Å². The Morgan fingerprint density at radius 2 is 1.80 bits per heavy atom. The maximum atomic E-state index is 12.4. The van der Waals surface area contributed by atoms with Crippen molar-refractivity contribution in [2.45, 2.75) is 25.9 Å². The predicted octanol–water partition coefficient (Wildman–Crippen LogP) is 2.74.